The largest absolute Gasteiger partial charge is 0.307 e. The summed E-state index contributed by atoms with van der Waals surface area (Å²) in [5.41, 5.74) is 11.8. The Morgan fingerprint density at radius 1 is 0.321 bits per heavy atom. The van der Waals surface area contributed by atoms with Crippen LogP contribution in [0.5, 0.6) is 0 Å². The number of benzene rings is 8. The molecule has 3 heterocycles. The molecule has 0 radical (unpaired) electrons. The van der Waals surface area contributed by atoms with Crippen LogP contribution in [0.4, 0.5) is 0 Å². The van der Waals surface area contributed by atoms with Gasteiger partial charge in [-0.1, -0.05) is 164 Å². The van der Waals surface area contributed by atoms with E-state index < -0.39 is 0 Å². The van der Waals surface area contributed by atoms with E-state index in [4.69, 9.17) is 15.0 Å². The molecule has 5 nitrogen and oxygen atoms in total. The molecule has 11 aromatic rings. The second-order valence-electron chi connectivity index (χ2n) is 14.0. The molecule has 56 heavy (non-hydrogen) atoms. The first kappa shape index (κ1) is 31.9. The molecule has 0 fully saturated rings. The van der Waals surface area contributed by atoms with E-state index >= 15 is 0 Å². The van der Waals surface area contributed by atoms with Gasteiger partial charge in [0.25, 0.3) is 0 Å². The van der Waals surface area contributed by atoms with Crippen molar-refractivity contribution in [1.29, 1.82) is 0 Å². The summed E-state index contributed by atoms with van der Waals surface area (Å²) < 4.78 is 4.68. The number of nitrogens with zero attached hydrogens (tertiary/aromatic N) is 5. The molecule has 3 aromatic heterocycles. The van der Waals surface area contributed by atoms with Crippen molar-refractivity contribution < 1.29 is 0 Å². The van der Waals surface area contributed by atoms with Crippen molar-refractivity contribution in [3.8, 4) is 56.7 Å². The summed E-state index contributed by atoms with van der Waals surface area (Å²) in [5.74, 6) is 1.78. The number of fused-ring (bicyclic) bond motifs is 7. The maximum absolute atomic E-state index is 5.40. The molecule has 0 atom stereocenters. The average Bonchev–Trinajstić information content (AvgIpc) is 3.81. The summed E-state index contributed by atoms with van der Waals surface area (Å²) >= 11 is 0. The van der Waals surface area contributed by atoms with Crippen LogP contribution in [0.25, 0.3) is 100 Å². The number of aromatic nitrogens is 5. The molecule has 0 aliphatic rings. The smallest absolute Gasteiger partial charge is 0.238 e. The predicted octanol–water partition coefficient (Wildman–Crippen LogP) is 12.7. The van der Waals surface area contributed by atoms with Gasteiger partial charge in [0, 0.05) is 38.4 Å². The molecule has 0 aliphatic heterocycles. The highest BCUT2D eigenvalue weighted by Crippen LogP contribution is 2.46. The summed E-state index contributed by atoms with van der Waals surface area (Å²) in [6, 6.07) is 70.2. The van der Waals surface area contributed by atoms with E-state index in [1.54, 1.807) is 0 Å². The van der Waals surface area contributed by atoms with Gasteiger partial charge < -0.3 is 4.57 Å². The van der Waals surface area contributed by atoms with Crippen molar-refractivity contribution in [2.45, 2.75) is 0 Å². The van der Waals surface area contributed by atoms with Crippen molar-refractivity contribution in [2.24, 2.45) is 0 Å². The summed E-state index contributed by atoms with van der Waals surface area (Å²) in [4.78, 5) is 15.9. The zero-order valence-corrected chi connectivity index (χ0v) is 30.3. The lowest BCUT2D eigenvalue weighted by molar-refractivity contribution is 0.953. The van der Waals surface area contributed by atoms with Gasteiger partial charge in [-0.15, -0.1) is 0 Å². The Morgan fingerprint density at radius 2 is 0.839 bits per heavy atom. The maximum Gasteiger partial charge on any atom is 0.238 e. The molecule has 0 aliphatic carbocycles. The Hall–Kier alpha value is -7.63. The molecule has 0 saturated carbocycles. The molecular weight excluding hydrogens is 683 g/mol. The van der Waals surface area contributed by atoms with Crippen LogP contribution >= 0.6 is 0 Å². The molecule has 262 valence electrons. The van der Waals surface area contributed by atoms with Gasteiger partial charge in [-0.05, 0) is 58.7 Å². The van der Waals surface area contributed by atoms with E-state index in [1.807, 2.05) is 24.3 Å². The lowest BCUT2D eigenvalue weighted by Gasteiger charge is -2.14. The minimum absolute atomic E-state index is 0.557. The highest BCUT2D eigenvalue weighted by molar-refractivity contribution is 6.28. The van der Waals surface area contributed by atoms with Crippen molar-refractivity contribution >= 4 is 43.6 Å². The van der Waals surface area contributed by atoms with E-state index in [-0.39, 0.29) is 0 Å². The van der Waals surface area contributed by atoms with E-state index in [0.29, 0.717) is 17.6 Å². The molecule has 8 aromatic carbocycles. The minimum Gasteiger partial charge on any atom is -0.307 e. The lowest BCUT2D eigenvalue weighted by atomic mass is 9.96. The van der Waals surface area contributed by atoms with Crippen LogP contribution < -0.4 is 0 Å². The molecule has 0 unspecified atom stereocenters. The average molecular weight is 716 g/mol. The van der Waals surface area contributed by atoms with Crippen LogP contribution in [0, 0.1) is 0 Å². The second-order valence-corrected chi connectivity index (χ2v) is 14.0. The molecule has 11 rings (SSSR count). The number of hydrogen-bond acceptors (Lipinski definition) is 3. The van der Waals surface area contributed by atoms with Crippen LogP contribution in [-0.2, 0) is 0 Å². The molecular formula is C51H33N5. The second kappa shape index (κ2) is 13.0. The zero-order valence-electron chi connectivity index (χ0n) is 30.3. The number of para-hydroxylation sites is 3. The van der Waals surface area contributed by atoms with Gasteiger partial charge in [-0.3, -0.25) is 4.57 Å². The van der Waals surface area contributed by atoms with Crippen molar-refractivity contribution in [3.05, 3.63) is 200 Å². The van der Waals surface area contributed by atoms with E-state index in [0.717, 1.165) is 77.3 Å². The van der Waals surface area contributed by atoms with Gasteiger partial charge in [0.1, 0.15) is 0 Å². The quantitative estimate of drug-likeness (QED) is 0.172. The Labute approximate surface area is 323 Å². The Balaban J connectivity index is 1.31. The van der Waals surface area contributed by atoms with Gasteiger partial charge in [0.15, 0.2) is 11.6 Å². The van der Waals surface area contributed by atoms with E-state index in [9.17, 15) is 0 Å². The van der Waals surface area contributed by atoms with Gasteiger partial charge in [0.05, 0.1) is 22.1 Å². The molecule has 0 N–H and O–H groups in total. The summed E-state index contributed by atoms with van der Waals surface area (Å²) in [7, 11) is 0. The molecule has 5 heteroatoms. The van der Waals surface area contributed by atoms with E-state index in [2.05, 4.69) is 185 Å². The van der Waals surface area contributed by atoms with Crippen molar-refractivity contribution in [2.75, 3.05) is 0 Å². The minimum atomic E-state index is 0.557. The third-order valence-corrected chi connectivity index (χ3v) is 10.8. The molecule has 0 amide bonds. The maximum atomic E-state index is 5.40. The third-order valence-electron chi connectivity index (χ3n) is 10.8. The summed E-state index contributed by atoms with van der Waals surface area (Å²) in [6.07, 6.45) is 0. The fraction of sp³-hybridized carbons (Fsp3) is 0. The van der Waals surface area contributed by atoms with Gasteiger partial charge >= 0.3 is 0 Å². The van der Waals surface area contributed by atoms with Crippen LogP contribution in [0.1, 0.15) is 0 Å². The van der Waals surface area contributed by atoms with Crippen LogP contribution in [-0.4, -0.2) is 24.1 Å². The van der Waals surface area contributed by atoms with Crippen LogP contribution in [0.3, 0.4) is 0 Å². The van der Waals surface area contributed by atoms with Gasteiger partial charge in [0.2, 0.25) is 5.95 Å². The van der Waals surface area contributed by atoms with Crippen LogP contribution in [0.2, 0.25) is 0 Å². The van der Waals surface area contributed by atoms with Gasteiger partial charge in [-0.2, -0.15) is 9.97 Å². The fourth-order valence-electron chi connectivity index (χ4n) is 8.27. The van der Waals surface area contributed by atoms with Crippen LogP contribution in [0.15, 0.2) is 200 Å². The van der Waals surface area contributed by atoms with Crippen molar-refractivity contribution in [3.63, 3.8) is 0 Å². The topological polar surface area (TPSA) is 48.5 Å². The first-order chi connectivity index (χ1) is 27.8. The predicted molar refractivity (Wildman–Crippen MR) is 230 cm³/mol. The Kier molecular flexibility index (Phi) is 7.42. The fourth-order valence-corrected chi connectivity index (χ4v) is 8.27. The molecule has 0 saturated heterocycles. The van der Waals surface area contributed by atoms with E-state index in [1.165, 1.54) is 5.39 Å². The third kappa shape index (κ3) is 5.13. The van der Waals surface area contributed by atoms with Crippen molar-refractivity contribution in [1.82, 2.24) is 24.1 Å². The Bertz CT molecular complexity index is 3220. The number of rotatable bonds is 6. The summed E-state index contributed by atoms with van der Waals surface area (Å²) in [5, 5.41) is 4.62. The highest BCUT2D eigenvalue weighted by Gasteiger charge is 2.26. The molecule has 0 spiro atoms. The first-order valence-corrected chi connectivity index (χ1v) is 18.9. The SMILES string of the molecule is c1ccc(-c2cccc(-c3nc(-c4ccccc4)nc(-n4c5ccccc5c5c(-c6ccccc6)cc6c7ccccc7n(-c7ccccc7)c6c54)n3)c2)cc1. The highest BCUT2D eigenvalue weighted by atomic mass is 15.2. The first-order valence-electron chi connectivity index (χ1n) is 18.9. The summed E-state index contributed by atoms with van der Waals surface area (Å²) in [6.45, 7) is 0. The molecule has 0 bridgehead atoms. The lowest BCUT2D eigenvalue weighted by Crippen LogP contribution is -2.07. The normalized spacial score (nSPS) is 11.6. The standard InChI is InChI=1S/C51H33N5/c1-5-18-34(19-6-1)37-24-17-25-38(32-37)50-52-49(36-22-9-3-10-23-36)53-51(54-50)56-45-31-16-14-29-41(45)46-42(35-20-7-2-8-21-35)33-43-40-28-13-15-30-44(40)55(47(43)48(46)56)39-26-11-4-12-27-39/h1-33H. The zero-order chi connectivity index (χ0) is 37.0. The van der Waals surface area contributed by atoms with Gasteiger partial charge in [-0.25, -0.2) is 4.98 Å². The Morgan fingerprint density at radius 3 is 1.54 bits per heavy atom. The number of hydrogen-bond donors (Lipinski definition) is 0. The monoisotopic (exact) mass is 715 g/mol.